The number of amides is 1. The predicted molar refractivity (Wildman–Crippen MR) is 129 cm³/mol. The molecule has 4 rings (SSSR count). The van der Waals surface area contributed by atoms with E-state index in [0.29, 0.717) is 11.3 Å². The number of nitrogens with two attached hydrogens (primary N) is 1. The molecule has 3 N–H and O–H groups in total. The smallest absolute Gasteiger partial charge is 0.300 e. The number of hydrogen-bond donors (Lipinski definition) is 2. The highest BCUT2D eigenvalue weighted by molar-refractivity contribution is 7.89. The number of benzene rings is 3. The van der Waals surface area contributed by atoms with Crippen LogP contribution in [0.1, 0.15) is 17.2 Å². The quantitative estimate of drug-likeness (QED) is 0.168. The van der Waals surface area contributed by atoms with E-state index in [1.54, 1.807) is 24.3 Å². The number of hydrogen-bond acceptors (Lipinski definition) is 8. The molecule has 1 heterocycles. The highest BCUT2D eigenvalue weighted by Gasteiger charge is 2.47. The van der Waals surface area contributed by atoms with Crippen LogP contribution in [0.15, 0.2) is 83.3 Å². The van der Waals surface area contributed by atoms with Gasteiger partial charge in [-0.15, -0.1) is 0 Å². The van der Waals surface area contributed by atoms with Crippen molar-refractivity contribution in [2.45, 2.75) is 10.9 Å². The first-order valence-corrected chi connectivity index (χ1v) is 11.9. The maximum absolute atomic E-state index is 13.2. The summed E-state index contributed by atoms with van der Waals surface area (Å²) in [6, 6.07) is 15.3. The molecule has 0 aromatic heterocycles. The standard InChI is InChI=1S/C24H19N3O8S/c1-35-18-7-3-4-14(13-18)21-20(22(28)15-5-2-6-17(12-15)27(31)32)23(29)24(30)26(21)16-8-10-19(11-9-16)36(25,33)34/h2-13,21,28H,1H3,(H2,25,33,34)/b22-20-. The van der Waals surface area contributed by atoms with Crippen LogP contribution in [-0.4, -0.2) is 37.2 Å². The molecule has 1 fully saturated rings. The number of primary sulfonamides is 1. The number of ether oxygens (including phenoxy) is 1. The molecule has 1 aliphatic rings. The van der Waals surface area contributed by atoms with Crippen molar-refractivity contribution in [3.63, 3.8) is 0 Å². The van der Waals surface area contributed by atoms with Crippen LogP contribution in [0.2, 0.25) is 0 Å². The third-order valence-corrected chi connectivity index (χ3v) is 6.56. The molecule has 36 heavy (non-hydrogen) atoms. The van der Waals surface area contributed by atoms with Gasteiger partial charge in [-0.1, -0.05) is 24.3 Å². The molecule has 11 nitrogen and oxygen atoms in total. The van der Waals surface area contributed by atoms with Crippen LogP contribution in [0, 0.1) is 10.1 Å². The van der Waals surface area contributed by atoms with Gasteiger partial charge in [0.2, 0.25) is 10.0 Å². The van der Waals surface area contributed by atoms with Gasteiger partial charge in [-0.25, -0.2) is 13.6 Å². The lowest BCUT2D eigenvalue weighted by molar-refractivity contribution is -0.384. The fraction of sp³-hybridized carbons (Fsp3) is 0.0833. The van der Waals surface area contributed by atoms with Crippen LogP contribution in [0.4, 0.5) is 11.4 Å². The van der Waals surface area contributed by atoms with E-state index in [1.165, 1.54) is 49.6 Å². The Labute approximate surface area is 205 Å². The third kappa shape index (κ3) is 4.42. The van der Waals surface area contributed by atoms with Gasteiger partial charge in [-0.05, 0) is 42.0 Å². The summed E-state index contributed by atoms with van der Waals surface area (Å²) in [4.78, 5) is 37.9. The Bertz CT molecular complexity index is 1530. The number of aliphatic hydroxyl groups is 1. The molecule has 1 unspecified atom stereocenters. The molecule has 1 atom stereocenters. The van der Waals surface area contributed by atoms with Gasteiger partial charge in [0.25, 0.3) is 17.4 Å². The average molecular weight is 509 g/mol. The molecule has 0 spiro atoms. The highest BCUT2D eigenvalue weighted by Crippen LogP contribution is 2.43. The molecule has 1 saturated heterocycles. The van der Waals surface area contributed by atoms with Gasteiger partial charge in [0.15, 0.2) is 0 Å². The number of methoxy groups -OCH3 is 1. The fourth-order valence-corrected chi connectivity index (χ4v) is 4.46. The fourth-order valence-electron chi connectivity index (χ4n) is 3.94. The lowest BCUT2D eigenvalue weighted by Crippen LogP contribution is -2.29. The Kier molecular flexibility index (Phi) is 6.31. The van der Waals surface area contributed by atoms with Gasteiger partial charge in [-0.3, -0.25) is 24.6 Å². The molecule has 0 bridgehead atoms. The summed E-state index contributed by atoms with van der Waals surface area (Å²) in [6.07, 6.45) is 0. The van der Waals surface area contributed by atoms with E-state index >= 15 is 0 Å². The highest BCUT2D eigenvalue weighted by atomic mass is 32.2. The number of Topliss-reactive ketones (excluding diaryl/α,β-unsaturated/α-hetero) is 1. The van der Waals surface area contributed by atoms with Crippen molar-refractivity contribution in [3.05, 3.63) is 99.6 Å². The Morgan fingerprint density at radius 2 is 1.72 bits per heavy atom. The zero-order chi connectivity index (χ0) is 26.2. The van der Waals surface area contributed by atoms with Gasteiger partial charge >= 0.3 is 0 Å². The van der Waals surface area contributed by atoms with Crippen LogP contribution in [0.25, 0.3) is 5.76 Å². The van der Waals surface area contributed by atoms with Crippen LogP contribution in [-0.2, 0) is 19.6 Å². The summed E-state index contributed by atoms with van der Waals surface area (Å²) in [5.74, 6) is -2.20. The second-order valence-corrected chi connectivity index (χ2v) is 9.35. The zero-order valence-electron chi connectivity index (χ0n) is 18.7. The Balaban J connectivity index is 1.95. The van der Waals surface area contributed by atoms with E-state index in [1.807, 2.05) is 0 Å². The van der Waals surface area contributed by atoms with E-state index in [9.17, 15) is 33.2 Å². The van der Waals surface area contributed by atoms with E-state index < -0.39 is 38.4 Å². The third-order valence-electron chi connectivity index (χ3n) is 5.63. The maximum atomic E-state index is 13.2. The summed E-state index contributed by atoms with van der Waals surface area (Å²) in [5, 5.41) is 27.5. The summed E-state index contributed by atoms with van der Waals surface area (Å²) < 4.78 is 28.6. The molecule has 0 saturated carbocycles. The van der Waals surface area contributed by atoms with Crippen molar-refractivity contribution in [1.29, 1.82) is 0 Å². The average Bonchev–Trinajstić information content (AvgIpc) is 3.13. The number of nitrogens with zero attached hydrogens (tertiary/aromatic N) is 2. The van der Waals surface area contributed by atoms with Gasteiger partial charge in [-0.2, -0.15) is 0 Å². The molecular weight excluding hydrogens is 490 g/mol. The zero-order valence-corrected chi connectivity index (χ0v) is 19.5. The molecule has 0 radical (unpaired) electrons. The SMILES string of the molecule is COc1cccc(C2/C(=C(/O)c3cccc([N+](=O)[O-])c3)C(=O)C(=O)N2c2ccc(S(N)(=O)=O)cc2)c1. The molecule has 3 aromatic carbocycles. The minimum absolute atomic E-state index is 0.0281. The number of anilines is 1. The summed E-state index contributed by atoms with van der Waals surface area (Å²) >= 11 is 0. The van der Waals surface area contributed by atoms with Crippen molar-refractivity contribution in [2.24, 2.45) is 5.14 Å². The van der Waals surface area contributed by atoms with Crippen LogP contribution < -0.4 is 14.8 Å². The minimum Gasteiger partial charge on any atom is -0.507 e. The van der Waals surface area contributed by atoms with Crippen molar-refractivity contribution in [3.8, 4) is 5.75 Å². The number of non-ortho nitro benzene ring substituents is 1. The molecule has 3 aromatic rings. The first-order valence-electron chi connectivity index (χ1n) is 10.4. The number of ketones is 1. The summed E-state index contributed by atoms with van der Waals surface area (Å²) in [5.41, 5.74) is -0.0831. The lowest BCUT2D eigenvalue weighted by Gasteiger charge is -2.26. The van der Waals surface area contributed by atoms with Gasteiger partial charge < -0.3 is 9.84 Å². The first-order chi connectivity index (χ1) is 17.0. The molecule has 0 aliphatic carbocycles. The Hall–Kier alpha value is -4.55. The van der Waals surface area contributed by atoms with Crippen LogP contribution >= 0.6 is 0 Å². The second-order valence-electron chi connectivity index (χ2n) is 7.79. The number of sulfonamides is 1. The second kappa shape index (κ2) is 9.24. The van der Waals surface area contributed by atoms with Crippen molar-refractivity contribution in [2.75, 3.05) is 12.0 Å². The Morgan fingerprint density at radius 3 is 2.33 bits per heavy atom. The van der Waals surface area contributed by atoms with Crippen molar-refractivity contribution < 1.29 is 32.8 Å². The number of nitro benzene ring substituents is 1. The van der Waals surface area contributed by atoms with E-state index in [-0.39, 0.29) is 27.4 Å². The van der Waals surface area contributed by atoms with Crippen molar-refractivity contribution >= 4 is 38.8 Å². The minimum atomic E-state index is -4.00. The maximum Gasteiger partial charge on any atom is 0.300 e. The number of nitro groups is 1. The number of carbonyl (C=O) groups is 2. The summed E-state index contributed by atoms with van der Waals surface area (Å²) in [7, 11) is -2.57. The van der Waals surface area contributed by atoms with Crippen LogP contribution in [0.3, 0.4) is 0 Å². The van der Waals surface area contributed by atoms with E-state index in [0.717, 1.165) is 11.0 Å². The first kappa shape index (κ1) is 24.6. The molecule has 184 valence electrons. The summed E-state index contributed by atoms with van der Waals surface area (Å²) in [6.45, 7) is 0. The molecule has 1 amide bonds. The number of rotatable bonds is 6. The van der Waals surface area contributed by atoms with Crippen molar-refractivity contribution in [1.82, 2.24) is 0 Å². The molecule has 12 heteroatoms. The van der Waals surface area contributed by atoms with Gasteiger partial charge in [0, 0.05) is 23.4 Å². The van der Waals surface area contributed by atoms with Gasteiger partial charge in [0.05, 0.1) is 28.5 Å². The largest absolute Gasteiger partial charge is 0.507 e. The molecule has 1 aliphatic heterocycles. The monoisotopic (exact) mass is 509 g/mol. The topological polar surface area (TPSA) is 170 Å². The number of aliphatic hydroxyl groups excluding tert-OH is 1. The van der Waals surface area contributed by atoms with E-state index in [2.05, 4.69) is 0 Å². The molecular formula is C24H19N3O8S. The van der Waals surface area contributed by atoms with Gasteiger partial charge in [0.1, 0.15) is 11.5 Å². The Morgan fingerprint density at radius 1 is 1.06 bits per heavy atom. The lowest BCUT2D eigenvalue weighted by atomic mass is 9.95. The predicted octanol–water partition coefficient (Wildman–Crippen LogP) is 2.88. The van der Waals surface area contributed by atoms with Crippen LogP contribution in [0.5, 0.6) is 5.75 Å². The van der Waals surface area contributed by atoms with E-state index in [4.69, 9.17) is 9.88 Å². The number of carbonyl (C=O) groups excluding carboxylic acids is 2. The normalized spacial score (nSPS) is 17.3.